The van der Waals surface area contributed by atoms with Crippen molar-refractivity contribution in [2.45, 2.75) is 45.3 Å². The highest BCUT2D eigenvalue weighted by Gasteiger charge is 2.36. The molecule has 0 spiro atoms. The third-order valence-electron chi connectivity index (χ3n) is 6.75. The van der Waals surface area contributed by atoms with Crippen LogP contribution in [0.1, 0.15) is 42.9 Å². The maximum atomic E-state index is 12.4. The lowest BCUT2D eigenvalue weighted by Crippen LogP contribution is -2.34. The third-order valence-corrected chi connectivity index (χ3v) is 6.75. The number of benzene rings is 1. The van der Waals surface area contributed by atoms with Crippen molar-refractivity contribution < 1.29 is 4.79 Å². The molecule has 5 rings (SSSR count). The molecule has 1 fully saturated rings. The van der Waals surface area contributed by atoms with E-state index in [0.29, 0.717) is 29.9 Å². The number of aromatic nitrogens is 5. The van der Waals surface area contributed by atoms with Gasteiger partial charge in [0.2, 0.25) is 5.91 Å². The highest BCUT2D eigenvalue weighted by molar-refractivity contribution is 5.93. The molecule has 1 aromatic carbocycles. The van der Waals surface area contributed by atoms with Crippen LogP contribution < -0.4 is 5.73 Å². The second-order valence-electron chi connectivity index (χ2n) is 8.84. The molecule has 4 aromatic rings. The van der Waals surface area contributed by atoms with Gasteiger partial charge in [0.15, 0.2) is 0 Å². The van der Waals surface area contributed by atoms with Gasteiger partial charge in [-0.3, -0.25) is 9.48 Å². The standard InChI is InChI=1S/C27H26N8O/c1-4-25(36)34-16-20(15-19(34)10-12-28)35-24-11-13-30-27(29)26(24)21(32-35)8-6-18-7-9-23-22(14-18)31-17(3)33(23)5-2/h4,7,9,11,13-14,19-20H,1,5,10,15-16H2,2-3H3,(H2,29,30)/t19-,20-/m0/s1. The Bertz CT molecular complexity index is 1610. The molecule has 9 heteroatoms. The molecule has 9 nitrogen and oxygen atoms in total. The molecule has 36 heavy (non-hydrogen) atoms. The van der Waals surface area contributed by atoms with E-state index in [9.17, 15) is 10.1 Å². The minimum Gasteiger partial charge on any atom is -0.383 e. The van der Waals surface area contributed by atoms with E-state index >= 15 is 0 Å². The van der Waals surface area contributed by atoms with Gasteiger partial charge in [0.1, 0.15) is 17.3 Å². The van der Waals surface area contributed by atoms with Crippen LogP contribution in [0, 0.1) is 30.1 Å². The summed E-state index contributed by atoms with van der Waals surface area (Å²) in [6, 6.07) is 9.71. The van der Waals surface area contributed by atoms with Gasteiger partial charge in [0.05, 0.1) is 40.5 Å². The quantitative estimate of drug-likeness (QED) is 0.355. The van der Waals surface area contributed by atoms with E-state index in [1.165, 1.54) is 6.08 Å². The summed E-state index contributed by atoms with van der Waals surface area (Å²) in [5, 5.41) is 14.8. The third kappa shape index (κ3) is 3.85. The van der Waals surface area contributed by atoms with Crippen molar-refractivity contribution in [3.63, 3.8) is 0 Å². The maximum Gasteiger partial charge on any atom is 0.246 e. The summed E-state index contributed by atoms with van der Waals surface area (Å²) in [5.41, 5.74) is 10.4. The van der Waals surface area contributed by atoms with Crippen LogP contribution in [0.25, 0.3) is 21.9 Å². The van der Waals surface area contributed by atoms with Crippen LogP contribution in [0.4, 0.5) is 5.82 Å². The lowest BCUT2D eigenvalue weighted by Gasteiger charge is -2.20. The van der Waals surface area contributed by atoms with Crippen molar-refractivity contribution in [3.8, 4) is 17.9 Å². The first kappa shape index (κ1) is 23.1. The van der Waals surface area contributed by atoms with Crippen molar-refractivity contribution in [2.24, 2.45) is 0 Å². The van der Waals surface area contributed by atoms with E-state index in [4.69, 9.17) is 10.8 Å². The summed E-state index contributed by atoms with van der Waals surface area (Å²) < 4.78 is 4.03. The molecule has 4 heterocycles. The van der Waals surface area contributed by atoms with Crippen molar-refractivity contribution in [1.29, 1.82) is 5.26 Å². The van der Waals surface area contributed by atoms with Gasteiger partial charge < -0.3 is 15.2 Å². The smallest absolute Gasteiger partial charge is 0.246 e. The molecule has 1 aliphatic rings. The summed E-state index contributed by atoms with van der Waals surface area (Å²) in [4.78, 5) is 23.0. The number of nitrogen functional groups attached to an aromatic ring is 1. The summed E-state index contributed by atoms with van der Waals surface area (Å²) in [5.74, 6) is 7.52. The van der Waals surface area contributed by atoms with E-state index in [1.807, 2.05) is 35.9 Å². The van der Waals surface area contributed by atoms with Gasteiger partial charge in [-0.25, -0.2) is 9.97 Å². The van der Waals surface area contributed by atoms with Gasteiger partial charge in [-0.2, -0.15) is 10.4 Å². The number of nitrogens with zero attached hydrogens (tertiary/aromatic N) is 7. The molecule has 0 aliphatic carbocycles. The predicted octanol–water partition coefficient (Wildman–Crippen LogP) is 3.33. The lowest BCUT2D eigenvalue weighted by atomic mass is 10.1. The van der Waals surface area contributed by atoms with Gasteiger partial charge in [0.25, 0.3) is 0 Å². The Morgan fingerprint density at radius 1 is 1.31 bits per heavy atom. The minimum absolute atomic E-state index is 0.121. The topological polar surface area (TPSA) is 119 Å². The first-order valence-corrected chi connectivity index (χ1v) is 11.9. The van der Waals surface area contributed by atoms with Crippen LogP contribution in [0.15, 0.2) is 43.1 Å². The summed E-state index contributed by atoms with van der Waals surface area (Å²) in [6.45, 7) is 8.98. The number of likely N-dealkylation sites (tertiary alicyclic amines) is 1. The second kappa shape index (κ2) is 9.20. The Morgan fingerprint density at radius 2 is 2.14 bits per heavy atom. The number of nitriles is 1. The fourth-order valence-electron chi connectivity index (χ4n) is 5.09. The number of rotatable bonds is 4. The molecule has 180 valence electrons. The molecule has 0 unspecified atom stereocenters. The lowest BCUT2D eigenvalue weighted by molar-refractivity contribution is -0.126. The monoisotopic (exact) mass is 478 g/mol. The summed E-state index contributed by atoms with van der Waals surface area (Å²) >= 11 is 0. The van der Waals surface area contributed by atoms with E-state index in [1.54, 1.807) is 11.1 Å². The number of carbonyl (C=O) groups excluding carboxylic acids is 1. The van der Waals surface area contributed by atoms with Crippen LogP contribution in [0.3, 0.4) is 0 Å². The van der Waals surface area contributed by atoms with Crippen LogP contribution >= 0.6 is 0 Å². The van der Waals surface area contributed by atoms with Crippen LogP contribution in [-0.4, -0.2) is 47.7 Å². The Hall–Kier alpha value is -4.63. The number of hydrogen-bond acceptors (Lipinski definition) is 6. The van der Waals surface area contributed by atoms with E-state index < -0.39 is 0 Å². The van der Waals surface area contributed by atoms with Crippen molar-refractivity contribution in [1.82, 2.24) is 29.2 Å². The number of nitrogens with two attached hydrogens (primary N) is 1. The first-order valence-electron chi connectivity index (χ1n) is 11.9. The van der Waals surface area contributed by atoms with Crippen molar-refractivity contribution >= 4 is 33.7 Å². The largest absolute Gasteiger partial charge is 0.383 e. The molecule has 1 amide bonds. The van der Waals surface area contributed by atoms with Crippen LogP contribution in [0.5, 0.6) is 0 Å². The minimum atomic E-state index is -0.198. The van der Waals surface area contributed by atoms with Gasteiger partial charge >= 0.3 is 0 Å². The van der Waals surface area contributed by atoms with Gasteiger partial charge in [-0.15, -0.1) is 0 Å². The van der Waals surface area contributed by atoms with E-state index in [-0.39, 0.29) is 24.4 Å². The number of hydrogen-bond donors (Lipinski definition) is 1. The first-order chi connectivity index (χ1) is 17.4. The number of imidazole rings is 1. The maximum absolute atomic E-state index is 12.4. The van der Waals surface area contributed by atoms with Crippen LogP contribution in [0.2, 0.25) is 0 Å². The molecular weight excluding hydrogens is 452 g/mol. The van der Waals surface area contributed by atoms with Crippen molar-refractivity contribution in [2.75, 3.05) is 12.3 Å². The number of carbonyl (C=O) groups is 1. The molecule has 2 atom stereocenters. The molecule has 0 bridgehead atoms. The molecule has 2 N–H and O–H groups in total. The van der Waals surface area contributed by atoms with Gasteiger partial charge in [-0.05, 0) is 56.5 Å². The molecular formula is C27H26N8O. The molecule has 1 aliphatic heterocycles. The Kier molecular flexibility index (Phi) is 5.91. The van der Waals surface area contributed by atoms with Crippen LogP contribution in [-0.2, 0) is 11.3 Å². The normalized spacial score (nSPS) is 17.2. The average molecular weight is 479 g/mol. The molecule has 3 aromatic heterocycles. The van der Waals surface area contributed by atoms with Gasteiger partial charge in [-0.1, -0.05) is 12.5 Å². The molecule has 0 radical (unpaired) electrons. The highest BCUT2D eigenvalue weighted by Crippen LogP contribution is 2.33. The Morgan fingerprint density at radius 3 is 2.89 bits per heavy atom. The predicted molar refractivity (Wildman–Crippen MR) is 138 cm³/mol. The summed E-state index contributed by atoms with van der Waals surface area (Å²) in [7, 11) is 0. The number of amides is 1. The number of anilines is 1. The second-order valence-corrected chi connectivity index (χ2v) is 8.84. The van der Waals surface area contributed by atoms with Crippen molar-refractivity contribution in [3.05, 3.63) is 60.2 Å². The zero-order valence-electron chi connectivity index (χ0n) is 20.3. The Balaban J connectivity index is 1.55. The van der Waals surface area contributed by atoms with Gasteiger partial charge in [0, 0.05) is 30.9 Å². The fraction of sp³-hybridized carbons (Fsp3) is 0.296. The number of pyridine rings is 1. The summed E-state index contributed by atoms with van der Waals surface area (Å²) in [6.07, 6.45) is 3.78. The zero-order valence-corrected chi connectivity index (χ0v) is 20.3. The van der Waals surface area contributed by atoms with E-state index in [0.717, 1.165) is 34.5 Å². The molecule has 0 saturated carbocycles. The number of aryl methyl sites for hydroxylation is 2. The Labute approximate surface area is 208 Å². The number of fused-ring (bicyclic) bond motifs is 2. The SMILES string of the molecule is C=CC(=O)N1C[C@@H](n2nc(C#Cc3ccc4c(c3)nc(C)n4CC)c3c(N)nccc32)C[C@@H]1CC#N. The highest BCUT2D eigenvalue weighted by atomic mass is 16.2. The zero-order chi connectivity index (χ0) is 25.4. The fourth-order valence-corrected chi connectivity index (χ4v) is 5.09. The van der Waals surface area contributed by atoms with E-state index in [2.05, 4.69) is 45.9 Å². The molecule has 1 saturated heterocycles. The average Bonchev–Trinajstić information content (AvgIpc) is 3.55.